The van der Waals surface area contributed by atoms with E-state index >= 15 is 0 Å². The first-order valence-corrected chi connectivity index (χ1v) is 6.68. The maximum absolute atomic E-state index is 12.0. The molecule has 1 aromatic carbocycles. The van der Waals surface area contributed by atoms with Crippen molar-refractivity contribution < 1.29 is 9.59 Å². The van der Waals surface area contributed by atoms with Gasteiger partial charge in [0.2, 0.25) is 5.91 Å². The van der Waals surface area contributed by atoms with E-state index in [-0.39, 0.29) is 18.4 Å². The van der Waals surface area contributed by atoms with Crippen LogP contribution in [-0.2, 0) is 10.1 Å². The lowest BCUT2D eigenvalue weighted by atomic mass is 10.1. The van der Waals surface area contributed by atoms with Gasteiger partial charge in [-0.3, -0.25) is 9.59 Å². The van der Waals surface area contributed by atoms with Crippen LogP contribution in [-0.4, -0.2) is 49.3 Å². The van der Waals surface area contributed by atoms with Crippen molar-refractivity contribution in [3.05, 3.63) is 35.4 Å². The van der Waals surface area contributed by atoms with Gasteiger partial charge in [-0.25, -0.2) is 0 Å². The van der Waals surface area contributed by atoms with Crippen molar-refractivity contribution in [3.63, 3.8) is 0 Å². The Hall–Kier alpha value is -1.36. The first-order valence-electron chi connectivity index (χ1n) is 5.56. The molecule has 0 saturated heterocycles. The molecule has 4 nitrogen and oxygen atoms in total. The molecule has 0 N–H and O–H groups in total. The van der Waals surface area contributed by atoms with Gasteiger partial charge >= 0.3 is 0 Å². The minimum atomic E-state index is -0.147. The molecule has 2 amide bonds. The maximum Gasteiger partial charge on any atom is 0.254 e. The molecule has 18 heavy (non-hydrogen) atoms. The van der Waals surface area contributed by atoms with E-state index in [0.717, 1.165) is 10.9 Å². The fourth-order valence-electron chi connectivity index (χ4n) is 1.37. The summed E-state index contributed by atoms with van der Waals surface area (Å²) in [5.74, 6) is -0.241. The minimum Gasteiger partial charge on any atom is -0.347 e. The predicted octanol–water partition coefficient (Wildman–Crippen LogP) is 1.74. The van der Waals surface area contributed by atoms with E-state index in [2.05, 4.69) is 15.9 Å². The molecule has 1 aromatic rings. The van der Waals surface area contributed by atoms with E-state index in [1.807, 2.05) is 12.1 Å². The number of carbonyl (C=O) groups is 2. The summed E-state index contributed by atoms with van der Waals surface area (Å²) in [6.45, 7) is 0.0893. The Morgan fingerprint density at radius 2 is 1.67 bits per heavy atom. The first-order chi connectivity index (χ1) is 8.45. The standard InChI is InChI=1S/C13H17BrN2O2/c1-15(2)12(17)9-16(3)13(18)11-6-4-10(8-14)5-7-11/h4-7H,8-9H2,1-3H3. The Balaban J connectivity index is 2.70. The molecule has 0 unspecified atom stereocenters. The van der Waals surface area contributed by atoms with Crippen molar-refractivity contribution in [1.82, 2.24) is 9.80 Å². The van der Waals surface area contributed by atoms with Gasteiger partial charge in [-0.2, -0.15) is 0 Å². The Morgan fingerprint density at radius 1 is 1.11 bits per heavy atom. The zero-order valence-electron chi connectivity index (χ0n) is 10.8. The number of alkyl halides is 1. The summed E-state index contributed by atoms with van der Waals surface area (Å²) < 4.78 is 0. The predicted molar refractivity (Wildman–Crippen MR) is 74.7 cm³/mol. The van der Waals surface area contributed by atoms with Crippen molar-refractivity contribution in [1.29, 1.82) is 0 Å². The molecule has 0 saturated carbocycles. The molecule has 0 radical (unpaired) electrons. The Morgan fingerprint density at radius 3 is 2.11 bits per heavy atom. The summed E-state index contributed by atoms with van der Waals surface area (Å²) in [4.78, 5) is 26.5. The normalized spacial score (nSPS) is 10.0. The SMILES string of the molecule is CN(C)C(=O)CN(C)C(=O)c1ccc(CBr)cc1. The van der Waals surface area contributed by atoms with Gasteiger partial charge in [-0.1, -0.05) is 28.1 Å². The average Bonchev–Trinajstić information content (AvgIpc) is 2.37. The lowest BCUT2D eigenvalue weighted by molar-refractivity contribution is -0.129. The summed E-state index contributed by atoms with van der Waals surface area (Å²) in [5.41, 5.74) is 1.70. The van der Waals surface area contributed by atoms with E-state index in [0.29, 0.717) is 5.56 Å². The van der Waals surface area contributed by atoms with Crippen LogP contribution in [0.4, 0.5) is 0 Å². The highest BCUT2D eigenvalue weighted by Gasteiger charge is 2.15. The molecule has 0 aromatic heterocycles. The Bertz CT molecular complexity index is 429. The Labute approximate surface area is 116 Å². The van der Waals surface area contributed by atoms with Gasteiger partial charge in [0.25, 0.3) is 5.91 Å². The number of hydrogen-bond donors (Lipinski definition) is 0. The summed E-state index contributed by atoms with van der Waals surface area (Å²) >= 11 is 3.35. The molecule has 0 aliphatic heterocycles. The van der Waals surface area contributed by atoms with E-state index in [1.54, 1.807) is 33.3 Å². The second kappa shape index (κ2) is 6.54. The van der Waals surface area contributed by atoms with Crippen molar-refractivity contribution >= 4 is 27.7 Å². The molecule has 0 atom stereocenters. The zero-order chi connectivity index (χ0) is 13.7. The summed E-state index contributed by atoms with van der Waals surface area (Å²) in [7, 11) is 4.97. The lowest BCUT2D eigenvalue weighted by Gasteiger charge is -2.19. The Kier molecular flexibility index (Phi) is 5.34. The van der Waals surface area contributed by atoms with Crippen LogP contribution in [0.5, 0.6) is 0 Å². The molecule has 0 heterocycles. The van der Waals surface area contributed by atoms with Crippen LogP contribution in [0.1, 0.15) is 15.9 Å². The molecule has 98 valence electrons. The van der Waals surface area contributed by atoms with E-state index < -0.39 is 0 Å². The summed E-state index contributed by atoms with van der Waals surface area (Å²) in [5, 5.41) is 0.760. The third-order valence-electron chi connectivity index (χ3n) is 2.57. The summed E-state index contributed by atoms with van der Waals surface area (Å²) in [6, 6.07) is 7.33. The fourth-order valence-corrected chi connectivity index (χ4v) is 1.75. The van der Waals surface area contributed by atoms with Gasteiger partial charge in [0.15, 0.2) is 0 Å². The van der Waals surface area contributed by atoms with E-state index in [4.69, 9.17) is 0 Å². The third kappa shape index (κ3) is 3.84. The van der Waals surface area contributed by atoms with E-state index in [9.17, 15) is 9.59 Å². The number of amides is 2. The quantitative estimate of drug-likeness (QED) is 0.795. The molecule has 0 aliphatic carbocycles. The third-order valence-corrected chi connectivity index (χ3v) is 3.22. The van der Waals surface area contributed by atoms with Crippen molar-refractivity contribution in [3.8, 4) is 0 Å². The highest BCUT2D eigenvalue weighted by atomic mass is 79.9. The summed E-state index contributed by atoms with van der Waals surface area (Å²) in [6.07, 6.45) is 0. The highest BCUT2D eigenvalue weighted by Crippen LogP contribution is 2.09. The molecule has 0 aliphatic rings. The molecule has 0 fully saturated rings. The topological polar surface area (TPSA) is 40.6 Å². The first kappa shape index (κ1) is 14.7. The van der Waals surface area contributed by atoms with Gasteiger partial charge in [-0.05, 0) is 17.7 Å². The van der Waals surface area contributed by atoms with E-state index in [1.165, 1.54) is 9.80 Å². The smallest absolute Gasteiger partial charge is 0.254 e. The molecule has 5 heteroatoms. The molecular weight excluding hydrogens is 296 g/mol. The lowest BCUT2D eigenvalue weighted by Crippen LogP contribution is -2.37. The highest BCUT2D eigenvalue weighted by molar-refractivity contribution is 9.08. The van der Waals surface area contributed by atoms with Crippen molar-refractivity contribution in [2.24, 2.45) is 0 Å². The number of rotatable bonds is 4. The van der Waals surface area contributed by atoms with Gasteiger partial charge in [0, 0.05) is 32.0 Å². The molecule has 1 rings (SSSR count). The van der Waals surface area contributed by atoms with Crippen molar-refractivity contribution in [2.45, 2.75) is 5.33 Å². The second-order valence-electron chi connectivity index (χ2n) is 4.28. The fraction of sp³-hybridized carbons (Fsp3) is 0.385. The monoisotopic (exact) mass is 312 g/mol. The van der Waals surface area contributed by atoms with Crippen LogP contribution in [0.2, 0.25) is 0 Å². The van der Waals surface area contributed by atoms with Crippen LogP contribution in [0, 0.1) is 0 Å². The molecule has 0 spiro atoms. The molecular formula is C13H17BrN2O2. The average molecular weight is 313 g/mol. The largest absolute Gasteiger partial charge is 0.347 e. The number of halogens is 1. The number of carbonyl (C=O) groups excluding carboxylic acids is 2. The molecule has 0 bridgehead atoms. The number of nitrogens with zero attached hydrogens (tertiary/aromatic N) is 2. The van der Waals surface area contributed by atoms with Crippen LogP contribution in [0.15, 0.2) is 24.3 Å². The van der Waals surface area contributed by atoms with Gasteiger partial charge in [-0.15, -0.1) is 0 Å². The maximum atomic E-state index is 12.0. The van der Waals surface area contributed by atoms with Gasteiger partial charge in [0.1, 0.15) is 0 Å². The van der Waals surface area contributed by atoms with Gasteiger partial charge in [0.05, 0.1) is 6.54 Å². The van der Waals surface area contributed by atoms with Crippen molar-refractivity contribution in [2.75, 3.05) is 27.7 Å². The van der Waals surface area contributed by atoms with Crippen LogP contribution in [0.25, 0.3) is 0 Å². The second-order valence-corrected chi connectivity index (χ2v) is 4.84. The van der Waals surface area contributed by atoms with Gasteiger partial charge < -0.3 is 9.80 Å². The number of benzene rings is 1. The van der Waals surface area contributed by atoms with Crippen LogP contribution in [0.3, 0.4) is 0 Å². The zero-order valence-corrected chi connectivity index (χ0v) is 12.4. The number of hydrogen-bond acceptors (Lipinski definition) is 2. The minimum absolute atomic E-state index is 0.0893. The van der Waals surface area contributed by atoms with Crippen LogP contribution < -0.4 is 0 Å². The van der Waals surface area contributed by atoms with Crippen LogP contribution >= 0.6 is 15.9 Å². The number of likely N-dealkylation sites (N-methyl/N-ethyl adjacent to an activating group) is 2.